The van der Waals surface area contributed by atoms with Crippen molar-refractivity contribution in [1.29, 1.82) is 0 Å². The van der Waals surface area contributed by atoms with Gasteiger partial charge < -0.3 is 5.11 Å². The second-order valence-electron chi connectivity index (χ2n) is 8.48. The van der Waals surface area contributed by atoms with Gasteiger partial charge in [-0.1, -0.05) is 50.6 Å². The maximum Gasteiger partial charge on any atom is 0.309 e. The molecular formula is C20H26O2. The first-order chi connectivity index (χ1) is 10.4. The number of aliphatic carboxylic acids is 1. The van der Waals surface area contributed by atoms with Gasteiger partial charge in [-0.25, -0.2) is 0 Å². The minimum atomic E-state index is -0.541. The van der Waals surface area contributed by atoms with Crippen molar-refractivity contribution in [3.63, 3.8) is 0 Å². The number of rotatable bonds is 3. The highest BCUT2D eigenvalue weighted by Crippen LogP contribution is 2.71. The van der Waals surface area contributed by atoms with E-state index in [1.54, 1.807) is 0 Å². The van der Waals surface area contributed by atoms with E-state index in [0.717, 1.165) is 19.3 Å². The molecule has 0 aromatic heterocycles. The summed E-state index contributed by atoms with van der Waals surface area (Å²) in [5, 5.41) is 9.98. The molecule has 1 aromatic rings. The van der Waals surface area contributed by atoms with Crippen molar-refractivity contribution < 1.29 is 9.90 Å². The number of carboxylic acid groups (broad SMARTS) is 1. The highest BCUT2D eigenvalue weighted by Gasteiger charge is 2.67. The first kappa shape index (κ1) is 14.3. The Morgan fingerprint density at radius 1 is 1.14 bits per heavy atom. The first-order valence-electron chi connectivity index (χ1n) is 8.73. The van der Waals surface area contributed by atoms with Gasteiger partial charge in [0.2, 0.25) is 0 Å². The van der Waals surface area contributed by atoms with Crippen LogP contribution >= 0.6 is 0 Å². The molecule has 2 unspecified atom stereocenters. The zero-order valence-electron chi connectivity index (χ0n) is 13.6. The lowest BCUT2D eigenvalue weighted by atomic mass is 9.36. The second-order valence-corrected chi connectivity index (χ2v) is 8.48. The fourth-order valence-corrected chi connectivity index (χ4v) is 6.36. The lowest BCUT2D eigenvalue weighted by Crippen LogP contribution is -2.63. The van der Waals surface area contributed by atoms with E-state index in [1.165, 1.54) is 24.8 Å². The molecule has 0 saturated heterocycles. The van der Waals surface area contributed by atoms with Crippen molar-refractivity contribution in [2.75, 3.05) is 0 Å². The van der Waals surface area contributed by atoms with Gasteiger partial charge in [0.1, 0.15) is 0 Å². The molecule has 4 fully saturated rings. The summed E-state index contributed by atoms with van der Waals surface area (Å²) in [6.07, 6.45) is 6.21. The molecule has 4 aliphatic carbocycles. The molecule has 0 heterocycles. The van der Waals surface area contributed by atoms with Gasteiger partial charge in [0.25, 0.3) is 0 Å². The molecule has 0 amide bonds. The molecule has 2 heteroatoms. The van der Waals surface area contributed by atoms with E-state index in [1.807, 2.05) is 0 Å². The van der Waals surface area contributed by atoms with Crippen LogP contribution in [0.5, 0.6) is 0 Å². The number of hydrogen-bond donors (Lipinski definition) is 1. The van der Waals surface area contributed by atoms with Crippen molar-refractivity contribution in [2.24, 2.45) is 22.7 Å². The van der Waals surface area contributed by atoms with E-state index < -0.39 is 11.4 Å². The minimum Gasteiger partial charge on any atom is -0.481 e. The number of hydrogen-bond acceptors (Lipinski definition) is 1. The summed E-state index contributed by atoms with van der Waals surface area (Å²) in [5.74, 6) is 0.588. The molecular weight excluding hydrogens is 272 g/mol. The summed E-state index contributed by atoms with van der Waals surface area (Å²) in [7, 11) is 0. The van der Waals surface area contributed by atoms with Gasteiger partial charge in [0, 0.05) is 0 Å². The SMILES string of the molecule is CCC1(C)C2CC3(C(=O)O)CC1CC(c1ccccc1)(C2)C3. The average molecular weight is 298 g/mol. The van der Waals surface area contributed by atoms with Crippen LogP contribution in [0.2, 0.25) is 0 Å². The van der Waals surface area contributed by atoms with Crippen LogP contribution < -0.4 is 0 Å². The van der Waals surface area contributed by atoms with Crippen LogP contribution in [0.25, 0.3) is 0 Å². The topological polar surface area (TPSA) is 37.3 Å². The normalized spacial score (nSPS) is 45.9. The molecule has 5 rings (SSSR count). The Hall–Kier alpha value is -1.31. The van der Waals surface area contributed by atoms with Gasteiger partial charge in [-0.05, 0) is 60.3 Å². The predicted octanol–water partition coefficient (Wildman–Crippen LogP) is 4.64. The third-order valence-corrected chi connectivity index (χ3v) is 7.69. The summed E-state index contributed by atoms with van der Waals surface area (Å²) in [6, 6.07) is 10.7. The first-order valence-corrected chi connectivity index (χ1v) is 8.73. The van der Waals surface area contributed by atoms with Crippen molar-refractivity contribution in [3.05, 3.63) is 35.9 Å². The molecule has 118 valence electrons. The molecule has 22 heavy (non-hydrogen) atoms. The van der Waals surface area contributed by atoms with E-state index in [2.05, 4.69) is 44.2 Å². The van der Waals surface area contributed by atoms with E-state index in [9.17, 15) is 9.90 Å². The van der Waals surface area contributed by atoms with Gasteiger partial charge in [-0.3, -0.25) is 4.79 Å². The van der Waals surface area contributed by atoms with Gasteiger partial charge >= 0.3 is 5.97 Å². The second kappa shape index (κ2) is 4.37. The highest BCUT2D eigenvalue weighted by atomic mass is 16.4. The zero-order valence-corrected chi connectivity index (χ0v) is 13.6. The molecule has 1 N–H and O–H groups in total. The van der Waals surface area contributed by atoms with E-state index in [-0.39, 0.29) is 5.41 Å². The molecule has 0 spiro atoms. The van der Waals surface area contributed by atoms with E-state index in [4.69, 9.17) is 0 Å². The van der Waals surface area contributed by atoms with Gasteiger partial charge in [-0.15, -0.1) is 0 Å². The summed E-state index contributed by atoms with van der Waals surface area (Å²) < 4.78 is 0. The summed E-state index contributed by atoms with van der Waals surface area (Å²) in [4.78, 5) is 12.1. The lowest BCUT2D eigenvalue weighted by molar-refractivity contribution is -0.189. The minimum absolute atomic E-state index is 0.111. The standard InChI is InChI=1S/C20H26O2/c1-3-18(2)15-9-19(14-7-5-4-6-8-14)10-16(18)12-20(11-15,13-19)17(21)22/h4-8,15-16H,3,9-13H2,1-2H3,(H,21,22). The quantitative estimate of drug-likeness (QED) is 0.883. The molecule has 0 aliphatic heterocycles. The van der Waals surface area contributed by atoms with Gasteiger partial charge in [-0.2, -0.15) is 0 Å². The number of carboxylic acids is 1. The van der Waals surface area contributed by atoms with E-state index >= 15 is 0 Å². The molecule has 2 nitrogen and oxygen atoms in total. The Kier molecular flexibility index (Phi) is 2.84. The van der Waals surface area contributed by atoms with Crippen LogP contribution in [0, 0.1) is 22.7 Å². The number of carbonyl (C=O) groups is 1. The maximum absolute atomic E-state index is 12.1. The van der Waals surface area contributed by atoms with Crippen LogP contribution in [0.3, 0.4) is 0 Å². The fourth-order valence-electron chi connectivity index (χ4n) is 6.36. The Morgan fingerprint density at radius 2 is 1.73 bits per heavy atom. The molecule has 1 aromatic carbocycles. The van der Waals surface area contributed by atoms with Crippen LogP contribution in [0.1, 0.15) is 57.9 Å². The third-order valence-electron chi connectivity index (χ3n) is 7.69. The molecule has 2 atom stereocenters. The Balaban J connectivity index is 1.83. The Morgan fingerprint density at radius 3 is 2.23 bits per heavy atom. The van der Waals surface area contributed by atoms with Gasteiger partial charge in [0.15, 0.2) is 0 Å². The zero-order chi connectivity index (χ0) is 15.6. The Bertz CT molecular complexity index is 587. The van der Waals surface area contributed by atoms with Crippen LogP contribution in [0.4, 0.5) is 0 Å². The highest BCUT2D eigenvalue weighted by molar-refractivity contribution is 5.76. The van der Waals surface area contributed by atoms with Crippen molar-refractivity contribution in [3.8, 4) is 0 Å². The number of benzene rings is 1. The predicted molar refractivity (Wildman–Crippen MR) is 86.7 cm³/mol. The fraction of sp³-hybridized carbons (Fsp3) is 0.650. The monoisotopic (exact) mass is 298 g/mol. The molecule has 4 bridgehead atoms. The summed E-state index contributed by atoms with van der Waals surface area (Å²) in [6.45, 7) is 4.72. The van der Waals surface area contributed by atoms with Crippen LogP contribution in [-0.2, 0) is 10.2 Å². The largest absolute Gasteiger partial charge is 0.481 e. The smallest absolute Gasteiger partial charge is 0.309 e. The average Bonchev–Trinajstić information content (AvgIpc) is 2.52. The van der Waals surface area contributed by atoms with Gasteiger partial charge in [0.05, 0.1) is 5.41 Å². The maximum atomic E-state index is 12.1. The molecule has 4 aliphatic rings. The third kappa shape index (κ3) is 1.64. The van der Waals surface area contributed by atoms with Crippen LogP contribution in [-0.4, -0.2) is 11.1 Å². The van der Waals surface area contributed by atoms with Crippen LogP contribution in [0.15, 0.2) is 30.3 Å². The lowest BCUT2D eigenvalue weighted by Gasteiger charge is -2.67. The summed E-state index contributed by atoms with van der Waals surface area (Å²) in [5.41, 5.74) is 1.38. The van der Waals surface area contributed by atoms with E-state index in [0.29, 0.717) is 17.3 Å². The molecule has 0 radical (unpaired) electrons. The van der Waals surface area contributed by atoms with Crippen molar-refractivity contribution >= 4 is 5.97 Å². The molecule has 4 saturated carbocycles. The van der Waals surface area contributed by atoms with Crippen molar-refractivity contribution in [2.45, 2.75) is 57.8 Å². The Labute approximate surface area is 132 Å². The summed E-state index contributed by atoms with van der Waals surface area (Å²) >= 11 is 0. The van der Waals surface area contributed by atoms with Crippen molar-refractivity contribution in [1.82, 2.24) is 0 Å².